The fourth-order valence-electron chi connectivity index (χ4n) is 2.02. The third-order valence-corrected chi connectivity index (χ3v) is 2.95. The van der Waals surface area contributed by atoms with Crippen molar-refractivity contribution in [1.82, 2.24) is 0 Å². The van der Waals surface area contributed by atoms with E-state index in [1.807, 2.05) is 0 Å². The van der Waals surface area contributed by atoms with Crippen molar-refractivity contribution in [3.63, 3.8) is 0 Å². The molecular formula is C12H16ClFN2. The average Bonchev–Trinajstić information content (AvgIpc) is 2.20. The van der Waals surface area contributed by atoms with Crippen molar-refractivity contribution in [2.45, 2.75) is 13.8 Å². The number of nitrogens with one attached hydrogen (secondary N) is 1. The number of anilines is 2. The van der Waals surface area contributed by atoms with Crippen LogP contribution in [0.2, 0.25) is 5.02 Å². The van der Waals surface area contributed by atoms with E-state index in [4.69, 9.17) is 11.6 Å². The van der Waals surface area contributed by atoms with E-state index < -0.39 is 0 Å². The summed E-state index contributed by atoms with van der Waals surface area (Å²) in [5.41, 5.74) is 1.85. The van der Waals surface area contributed by atoms with Crippen LogP contribution in [0, 0.1) is 11.7 Å². The summed E-state index contributed by atoms with van der Waals surface area (Å²) < 4.78 is 13.3. The molecule has 0 saturated carbocycles. The van der Waals surface area contributed by atoms with Crippen molar-refractivity contribution in [2.75, 3.05) is 29.9 Å². The van der Waals surface area contributed by atoms with E-state index in [0.29, 0.717) is 5.92 Å². The molecule has 0 radical (unpaired) electrons. The maximum Gasteiger partial charge on any atom is 0.143 e. The van der Waals surface area contributed by atoms with Gasteiger partial charge in [0.25, 0.3) is 0 Å². The Morgan fingerprint density at radius 2 is 2.25 bits per heavy atom. The van der Waals surface area contributed by atoms with E-state index in [0.717, 1.165) is 31.0 Å². The first-order valence-electron chi connectivity index (χ1n) is 5.56. The lowest BCUT2D eigenvalue weighted by atomic mass is 10.1. The molecule has 1 N–H and O–H groups in total. The molecule has 1 aromatic carbocycles. The van der Waals surface area contributed by atoms with E-state index in [9.17, 15) is 4.39 Å². The highest BCUT2D eigenvalue weighted by atomic mass is 35.5. The molecule has 88 valence electrons. The molecule has 0 saturated heterocycles. The van der Waals surface area contributed by atoms with Gasteiger partial charge in [-0.25, -0.2) is 4.39 Å². The van der Waals surface area contributed by atoms with Gasteiger partial charge in [-0.3, -0.25) is 0 Å². The van der Waals surface area contributed by atoms with Crippen molar-refractivity contribution in [1.29, 1.82) is 0 Å². The standard InChI is InChI=1S/C12H16ClFN2/c1-8(2)7-16-4-3-15-11-6-10(14)9(13)5-12(11)16/h5-6,8,15H,3-4,7H2,1-2H3. The van der Waals surface area contributed by atoms with Gasteiger partial charge >= 0.3 is 0 Å². The van der Waals surface area contributed by atoms with Crippen LogP contribution in [0.25, 0.3) is 0 Å². The van der Waals surface area contributed by atoms with Crippen LogP contribution >= 0.6 is 11.6 Å². The third kappa shape index (κ3) is 2.24. The van der Waals surface area contributed by atoms with Crippen LogP contribution in [0.5, 0.6) is 0 Å². The highest BCUT2D eigenvalue weighted by Gasteiger charge is 2.19. The lowest BCUT2D eigenvalue weighted by molar-refractivity contribution is 0.605. The summed E-state index contributed by atoms with van der Waals surface area (Å²) in [6.45, 7) is 7.10. The first kappa shape index (κ1) is 11.5. The van der Waals surface area contributed by atoms with Crippen LogP contribution in [0.1, 0.15) is 13.8 Å². The van der Waals surface area contributed by atoms with Gasteiger partial charge in [0.2, 0.25) is 0 Å². The van der Waals surface area contributed by atoms with Gasteiger partial charge in [-0.1, -0.05) is 25.4 Å². The van der Waals surface area contributed by atoms with E-state index in [1.54, 1.807) is 6.07 Å². The Bertz CT molecular complexity index is 393. The first-order valence-corrected chi connectivity index (χ1v) is 5.93. The molecule has 0 bridgehead atoms. The monoisotopic (exact) mass is 242 g/mol. The number of benzene rings is 1. The van der Waals surface area contributed by atoms with Crippen molar-refractivity contribution < 1.29 is 4.39 Å². The second-order valence-corrected chi connectivity index (χ2v) is 4.96. The molecule has 0 aromatic heterocycles. The number of nitrogens with zero attached hydrogens (tertiary/aromatic N) is 1. The Labute approximate surface area is 100 Å². The quantitative estimate of drug-likeness (QED) is 0.856. The molecule has 1 aliphatic rings. The minimum absolute atomic E-state index is 0.191. The summed E-state index contributed by atoms with van der Waals surface area (Å²) in [4.78, 5) is 2.25. The van der Waals surface area contributed by atoms with Crippen molar-refractivity contribution >= 4 is 23.0 Å². The smallest absolute Gasteiger partial charge is 0.143 e. The Kier molecular flexibility index (Phi) is 3.24. The molecule has 0 aliphatic carbocycles. The zero-order chi connectivity index (χ0) is 11.7. The SMILES string of the molecule is CC(C)CN1CCNc2cc(F)c(Cl)cc21. The van der Waals surface area contributed by atoms with Crippen LogP contribution < -0.4 is 10.2 Å². The summed E-state index contributed by atoms with van der Waals surface area (Å²) in [7, 11) is 0. The van der Waals surface area contributed by atoms with Crippen molar-refractivity contribution in [2.24, 2.45) is 5.92 Å². The average molecular weight is 243 g/mol. The van der Waals surface area contributed by atoms with E-state index >= 15 is 0 Å². The summed E-state index contributed by atoms with van der Waals surface area (Å²) in [6, 6.07) is 3.19. The largest absolute Gasteiger partial charge is 0.382 e. The molecule has 1 aromatic rings. The molecule has 0 amide bonds. The molecule has 16 heavy (non-hydrogen) atoms. The lowest BCUT2D eigenvalue weighted by Gasteiger charge is -2.33. The molecular weight excluding hydrogens is 227 g/mol. The zero-order valence-electron chi connectivity index (χ0n) is 9.56. The molecule has 0 unspecified atom stereocenters. The van der Waals surface area contributed by atoms with E-state index in [1.165, 1.54) is 6.07 Å². The highest BCUT2D eigenvalue weighted by Crippen LogP contribution is 2.33. The molecule has 2 rings (SSSR count). The molecule has 4 heteroatoms. The van der Waals surface area contributed by atoms with Crippen LogP contribution in [0.15, 0.2) is 12.1 Å². The Hall–Kier alpha value is -0.960. The topological polar surface area (TPSA) is 15.3 Å². The number of hydrogen-bond donors (Lipinski definition) is 1. The second kappa shape index (κ2) is 4.50. The van der Waals surface area contributed by atoms with Crippen LogP contribution in [-0.4, -0.2) is 19.6 Å². The van der Waals surface area contributed by atoms with Gasteiger partial charge in [0, 0.05) is 25.7 Å². The van der Waals surface area contributed by atoms with Gasteiger partial charge in [-0.15, -0.1) is 0 Å². The van der Waals surface area contributed by atoms with Gasteiger partial charge < -0.3 is 10.2 Å². The zero-order valence-corrected chi connectivity index (χ0v) is 10.3. The van der Waals surface area contributed by atoms with Crippen molar-refractivity contribution in [3.8, 4) is 0 Å². The summed E-state index contributed by atoms with van der Waals surface area (Å²) >= 11 is 5.82. The number of fused-ring (bicyclic) bond motifs is 1. The molecule has 2 nitrogen and oxygen atoms in total. The summed E-state index contributed by atoms with van der Waals surface area (Å²) in [5, 5.41) is 3.38. The fraction of sp³-hybridized carbons (Fsp3) is 0.500. The molecule has 0 fully saturated rings. The molecule has 0 atom stereocenters. The number of hydrogen-bond acceptors (Lipinski definition) is 2. The maximum atomic E-state index is 13.3. The van der Waals surface area contributed by atoms with E-state index in [-0.39, 0.29) is 10.8 Å². The minimum atomic E-state index is -0.362. The summed E-state index contributed by atoms with van der Waals surface area (Å²) in [6.07, 6.45) is 0. The van der Waals surface area contributed by atoms with Gasteiger partial charge in [-0.05, 0) is 12.0 Å². The van der Waals surface area contributed by atoms with Crippen LogP contribution in [0.3, 0.4) is 0 Å². The summed E-state index contributed by atoms with van der Waals surface area (Å²) in [5.74, 6) is 0.217. The number of halogens is 2. The van der Waals surface area contributed by atoms with Gasteiger partial charge in [-0.2, -0.15) is 0 Å². The van der Waals surface area contributed by atoms with Crippen molar-refractivity contribution in [3.05, 3.63) is 23.0 Å². The number of rotatable bonds is 2. The Morgan fingerprint density at radius 3 is 2.94 bits per heavy atom. The minimum Gasteiger partial charge on any atom is -0.382 e. The normalized spacial score (nSPS) is 14.9. The van der Waals surface area contributed by atoms with E-state index in [2.05, 4.69) is 24.1 Å². The predicted molar refractivity (Wildman–Crippen MR) is 67.0 cm³/mol. The maximum absolute atomic E-state index is 13.3. The first-order chi connectivity index (χ1) is 7.58. The molecule has 1 aliphatic heterocycles. The fourth-order valence-corrected chi connectivity index (χ4v) is 2.17. The Balaban J connectivity index is 2.34. The van der Waals surface area contributed by atoms with Gasteiger partial charge in [0.1, 0.15) is 5.82 Å². The molecule has 0 spiro atoms. The lowest BCUT2D eigenvalue weighted by Crippen LogP contribution is -2.36. The van der Waals surface area contributed by atoms with Crippen LogP contribution in [0.4, 0.5) is 15.8 Å². The predicted octanol–water partition coefficient (Wildman–Crippen LogP) is 3.37. The third-order valence-electron chi connectivity index (χ3n) is 2.66. The molecule has 1 heterocycles. The van der Waals surface area contributed by atoms with Gasteiger partial charge in [0.05, 0.1) is 16.4 Å². The van der Waals surface area contributed by atoms with Gasteiger partial charge in [0.15, 0.2) is 0 Å². The van der Waals surface area contributed by atoms with Crippen LogP contribution in [-0.2, 0) is 0 Å². The highest BCUT2D eigenvalue weighted by molar-refractivity contribution is 6.31. The Morgan fingerprint density at radius 1 is 1.50 bits per heavy atom. The second-order valence-electron chi connectivity index (χ2n) is 4.55.